The van der Waals surface area contributed by atoms with E-state index in [4.69, 9.17) is 16.3 Å². The molecule has 0 spiro atoms. The summed E-state index contributed by atoms with van der Waals surface area (Å²) in [5.41, 5.74) is 1.65. The summed E-state index contributed by atoms with van der Waals surface area (Å²) < 4.78 is 5.76. The summed E-state index contributed by atoms with van der Waals surface area (Å²) in [7, 11) is 0. The Bertz CT molecular complexity index is 999. The second-order valence-electron chi connectivity index (χ2n) is 7.81. The summed E-state index contributed by atoms with van der Waals surface area (Å²) in [5, 5.41) is 6.28. The van der Waals surface area contributed by atoms with Gasteiger partial charge in [-0.3, -0.25) is 9.59 Å². The molecule has 2 heterocycles. The molecule has 7 heteroatoms. The maximum atomic E-state index is 12.5. The van der Waals surface area contributed by atoms with E-state index in [2.05, 4.69) is 15.5 Å². The van der Waals surface area contributed by atoms with Gasteiger partial charge >= 0.3 is 0 Å². The molecule has 2 aliphatic heterocycles. The van der Waals surface area contributed by atoms with Crippen LogP contribution in [-0.4, -0.2) is 42.9 Å². The molecule has 2 amide bonds. The summed E-state index contributed by atoms with van der Waals surface area (Å²) in [5.74, 6) is 0.0923. The normalized spacial score (nSPS) is 17.6. The summed E-state index contributed by atoms with van der Waals surface area (Å²) in [6, 6.07) is 12.2. The molecule has 0 unspecified atom stereocenters. The molecule has 31 heavy (non-hydrogen) atoms. The summed E-state index contributed by atoms with van der Waals surface area (Å²) >= 11 is 6.16. The number of fused-ring (bicyclic) bond motifs is 1. The first-order valence-electron chi connectivity index (χ1n) is 10.7. The van der Waals surface area contributed by atoms with Crippen molar-refractivity contribution in [3.05, 3.63) is 64.4 Å². The predicted molar refractivity (Wildman–Crippen MR) is 122 cm³/mol. The standard InChI is InChI=1S/C24H26ClN3O3/c25-19-8-3-2-7-17(19)16-22-24(30)27-20-15-18(9-10-21(20)31-22)23(29)26-11-6-14-28-12-4-1-5-13-28/h2-3,7-10,15-16H,1,4-6,11-14H2,(H,26,29)(H,27,30). The van der Waals surface area contributed by atoms with E-state index in [0.29, 0.717) is 34.1 Å². The Labute approximate surface area is 187 Å². The van der Waals surface area contributed by atoms with Crippen molar-refractivity contribution in [2.45, 2.75) is 25.7 Å². The van der Waals surface area contributed by atoms with Crippen molar-refractivity contribution >= 4 is 35.2 Å². The Hall–Kier alpha value is -2.83. The molecule has 1 saturated heterocycles. The van der Waals surface area contributed by atoms with Gasteiger partial charge < -0.3 is 20.3 Å². The fourth-order valence-electron chi connectivity index (χ4n) is 3.82. The highest BCUT2D eigenvalue weighted by atomic mass is 35.5. The van der Waals surface area contributed by atoms with Gasteiger partial charge in [-0.05, 0) is 74.8 Å². The molecule has 2 aliphatic rings. The number of carbonyl (C=O) groups excluding carboxylic acids is 2. The highest BCUT2D eigenvalue weighted by Gasteiger charge is 2.23. The van der Waals surface area contributed by atoms with Crippen LogP contribution in [0.5, 0.6) is 5.75 Å². The second kappa shape index (κ2) is 9.98. The maximum absolute atomic E-state index is 12.5. The number of ether oxygens (including phenoxy) is 1. The van der Waals surface area contributed by atoms with E-state index in [-0.39, 0.29) is 17.6 Å². The molecule has 0 saturated carbocycles. The number of hydrogen-bond acceptors (Lipinski definition) is 4. The minimum absolute atomic E-state index is 0.149. The van der Waals surface area contributed by atoms with E-state index < -0.39 is 0 Å². The van der Waals surface area contributed by atoms with E-state index in [1.807, 2.05) is 12.1 Å². The molecule has 2 aromatic carbocycles. The van der Waals surface area contributed by atoms with E-state index in [9.17, 15) is 9.59 Å². The van der Waals surface area contributed by atoms with Crippen molar-refractivity contribution in [3.8, 4) is 5.75 Å². The lowest BCUT2D eigenvalue weighted by Crippen LogP contribution is -2.33. The number of benzene rings is 2. The molecule has 0 atom stereocenters. The molecule has 0 radical (unpaired) electrons. The SMILES string of the molecule is O=C1Nc2cc(C(=O)NCCCN3CCCCC3)ccc2OC1=Cc1ccccc1Cl. The molecular weight excluding hydrogens is 414 g/mol. The molecule has 162 valence electrons. The maximum Gasteiger partial charge on any atom is 0.291 e. The lowest BCUT2D eigenvalue weighted by atomic mass is 10.1. The number of anilines is 1. The largest absolute Gasteiger partial charge is 0.449 e. The Balaban J connectivity index is 1.35. The highest BCUT2D eigenvalue weighted by Crippen LogP contribution is 2.33. The number of hydrogen-bond donors (Lipinski definition) is 2. The van der Waals surface area contributed by atoms with Crippen LogP contribution in [0, 0.1) is 0 Å². The lowest BCUT2D eigenvalue weighted by molar-refractivity contribution is -0.115. The third kappa shape index (κ3) is 5.46. The van der Waals surface area contributed by atoms with Crippen molar-refractivity contribution in [3.63, 3.8) is 0 Å². The van der Waals surface area contributed by atoms with Crippen LogP contribution >= 0.6 is 11.6 Å². The van der Waals surface area contributed by atoms with Crippen LogP contribution in [-0.2, 0) is 4.79 Å². The Morgan fingerprint density at radius 1 is 1.16 bits per heavy atom. The predicted octanol–water partition coefficient (Wildman–Crippen LogP) is 4.32. The quantitative estimate of drug-likeness (QED) is 0.519. The van der Waals surface area contributed by atoms with E-state index in [1.165, 1.54) is 19.3 Å². The van der Waals surface area contributed by atoms with Gasteiger partial charge in [0, 0.05) is 17.1 Å². The van der Waals surface area contributed by atoms with Crippen LogP contribution in [0.3, 0.4) is 0 Å². The van der Waals surface area contributed by atoms with Crippen molar-refractivity contribution in [1.82, 2.24) is 10.2 Å². The number of nitrogens with one attached hydrogen (secondary N) is 2. The number of rotatable bonds is 6. The van der Waals surface area contributed by atoms with Crippen molar-refractivity contribution < 1.29 is 14.3 Å². The molecule has 2 N–H and O–H groups in total. The van der Waals surface area contributed by atoms with Gasteiger partial charge in [0.1, 0.15) is 0 Å². The first-order chi connectivity index (χ1) is 15.1. The number of halogens is 1. The van der Waals surface area contributed by atoms with Gasteiger partial charge in [0.05, 0.1) is 5.69 Å². The van der Waals surface area contributed by atoms with Crippen LogP contribution in [0.25, 0.3) is 6.08 Å². The molecular formula is C24H26ClN3O3. The van der Waals surface area contributed by atoms with Gasteiger partial charge in [-0.15, -0.1) is 0 Å². The topological polar surface area (TPSA) is 70.7 Å². The molecule has 1 fully saturated rings. The van der Waals surface area contributed by atoms with Crippen molar-refractivity contribution in [2.24, 2.45) is 0 Å². The zero-order valence-electron chi connectivity index (χ0n) is 17.3. The minimum Gasteiger partial charge on any atom is -0.449 e. The van der Waals surface area contributed by atoms with Crippen LogP contribution in [0.1, 0.15) is 41.6 Å². The molecule has 6 nitrogen and oxygen atoms in total. The smallest absolute Gasteiger partial charge is 0.291 e. The fraction of sp³-hybridized carbons (Fsp3) is 0.333. The van der Waals surface area contributed by atoms with Crippen LogP contribution in [0.2, 0.25) is 5.02 Å². The highest BCUT2D eigenvalue weighted by molar-refractivity contribution is 6.32. The molecule has 2 aromatic rings. The number of amides is 2. The molecule has 0 bridgehead atoms. The fourth-order valence-corrected chi connectivity index (χ4v) is 4.01. The lowest BCUT2D eigenvalue weighted by Gasteiger charge is -2.26. The second-order valence-corrected chi connectivity index (χ2v) is 8.22. The number of carbonyl (C=O) groups is 2. The van der Waals surface area contributed by atoms with Gasteiger partial charge in [-0.2, -0.15) is 0 Å². The number of nitrogens with zero attached hydrogens (tertiary/aromatic N) is 1. The first kappa shape index (κ1) is 21.4. The van der Waals surface area contributed by atoms with Crippen LogP contribution < -0.4 is 15.4 Å². The average molecular weight is 440 g/mol. The van der Waals surface area contributed by atoms with E-state index in [1.54, 1.807) is 36.4 Å². The Morgan fingerprint density at radius 2 is 1.97 bits per heavy atom. The minimum atomic E-state index is -0.383. The average Bonchev–Trinajstić information content (AvgIpc) is 2.79. The van der Waals surface area contributed by atoms with Gasteiger partial charge in [-0.25, -0.2) is 0 Å². The molecule has 0 aromatic heterocycles. The molecule has 0 aliphatic carbocycles. The van der Waals surface area contributed by atoms with Gasteiger partial charge in [0.2, 0.25) is 0 Å². The summed E-state index contributed by atoms with van der Waals surface area (Å²) in [6.45, 7) is 3.95. The van der Waals surface area contributed by atoms with Crippen molar-refractivity contribution in [2.75, 3.05) is 31.5 Å². The van der Waals surface area contributed by atoms with Gasteiger partial charge in [0.25, 0.3) is 11.8 Å². The Kier molecular flexibility index (Phi) is 6.89. The summed E-state index contributed by atoms with van der Waals surface area (Å²) in [6.07, 6.45) is 6.38. The summed E-state index contributed by atoms with van der Waals surface area (Å²) in [4.78, 5) is 27.4. The third-order valence-corrected chi connectivity index (χ3v) is 5.86. The monoisotopic (exact) mass is 439 g/mol. The number of likely N-dealkylation sites (tertiary alicyclic amines) is 1. The van der Waals surface area contributed by atoms with Crippen molar-refractivity contribution in [1.29, 1.82) is 0 Å². The number of piperidine rings is 1. The van der Waals surface area contributed by atoms with Crippen LogP contribution in [0.4, 0.5) is 5.69 Å². The van der Waals surface area contributed by atoms with Gasteiger partial charge in [-0.1, -0.05) is 36.2 Å². The third-order valence-electron chi connectivity index (χ3n) is 5.51. The van der Waals surface area contributed by atoms with E-state index in [0.717, 1.165) is 26.1 Å². The zero-order chi connectivity index (χ0) is 21.6. The Morgan fingerprint density at radius 3 is 2.77 bits per heavy atom. The van der Waals surface area contributed by atoms with Crippen LogP contribution in [0.15, 0.2) is 48.2 Å². The van der Waals surface area contributed by atoms with E-state index >= 15 is 0 Å². The molecule has 4 rings (SSSR count). The zero-order valence-corrected chi connectivity index (χ0v) is 18.1. The first-order valence-corrected chi connectivity index (χ1v) is 11.1. The van der Waals surface area contributed by atoms with Gasteiger partial charge in [0.15, 0.2) is 11.5 Å².